The molecule has 0 atom stereocenters. The lowest BCUT2D eigenvalue weighted by Crippen LogP contribution is -2.27. The van der Waals surface area contributed by atoms with Gasteiger partial charge in [-0.05, 0) is 18.9 Å². The van der Waals surface area contributed by atoms with Gasteiger partial charge in [0.25, 0.3) is 0 Å². The van der Waals surface area contributed by atoms with Crippen LogP contribution in [0.25, 0.3) is 0 Å². The summed E-state index contributed by atoms with van der Waals surface area (Å²) in [5.74, 6) is 0.911. The molecule has 0 amide bonds. The van der Waals surface area contributed by atoms with E-state index in [-0.39, 0.29) is 12.0 Å². The minimum Gasteiger partial charge on any atom is -0.496 e. The Bertz CT molecular complexity index is 327. The standard InChI is InChI=1S/C13H18O2/c1-15-12-7-3-2-6-11(12)13(10-14)8-4-5-9-13/h2-3,6-7,14H,4-5,8-10H2,1H3. The highest BCUT2D eigenvalue weighted by Crippen LogP contribution is 2.44. The molecular formula is C13H18O2. The number of hydrogen-bond donors (Lipinski definition) is 1. The topological polar surface area (TPSA) is 29.5 Å². The molecule has 2 heteroatoms. The van der Waals surface area contributed by atoms with Gasteiger partial charge in [-0.1, -0.05) is 31.0 Å². The largest absolute Gasteiger partial charge is 0.496 e. The van der Waals surface area contributed by atoms with Gasteiger partial charge in [0.2, 0.25) is 0 Å². The van der Waals surface area contributed by atoms with Crippen molar-refractivity contribution in [2.45, 2.75) is 31.1 Å². The van der Waals surface area contributed by atoms with E-state index in [1.165, 1.54) is 18.4 Å². The fourth-order valence-corrected chi connectivity index (χ4v) is 2.65. The van der Waals surface area contributed by atoms with Crippen molar-refractivity contribution >= 4 is 0 Å². The van der Waals surface area contributed by atoms with E-state index in [2.05, 4.69) is 6.07 Å². The van der Waals surface area contributed by atoms with E-state index < -0.39 is 0 Å². The molecule has 0 unspecified atom stereocenters. The lowest BCUT2D eigenvalue weighted by atomic mass is 9.79. The second kappa shape index (κ2) is 4.23. The monoisotopic (exact) mass is 206 g/mol. The van der Waals surface area contributed by atoms with Crippen LogP contribution in [0, 0.1) is 0 Å². The summed E-state index contributed by atoms with van der Waals surface area (Å²) >= 11 is 0. The van der Waals surface area contributed by atoms with Crippen molar-refractivity contribution in [1.82, 2.24) is 0 Å². The molecule has 82 valence electrons. The first-order valence-electron chi connectivity index (χ1n) is 5.57. The number of para-hydroxylation sites is 1. The van der Waals surface area contributed by atoms with E-state index in [0.29, 0.717) is 0 Å². The predicted octanol–water partition coefficient (Wildman–Crippen LogP) is 2.50. The van der Waals surface area contributed by atoms with E-state index >= 15 is 0 Å². The van der Waals surface area contributed by atoms with Crippen LogP contribution in [0.15, 0.2) is 24.3 Å². The highest BCUT2D eigenvalue weighted by molar-refractivity contribution is 5.40. The van der Waals surface area contributed by atoms with Gasteiger partial charge in [0, 0.05) is 11.0 Å². The molecule has 1 fully saturated rings. The van der Waals surface area contributed by atoms with Gasteiger partial charge in [-0.15, -0.1) is 0 Å². The first-order valence-corrected chi connectivity index (χ1v) is 5.57. The Hall–Kier alpha value is -1.02. The maximum Gasteiger partial charge on any atom is 0.122 e. The van der Waals surface area contributed by atoms with Crippen LogP contribution in [0.1, 0.15) is 31.2 Å². The van der Waals surface area contributed by atoms with Crippen molar-refractivity contribution in [3.05, 3.63) is 29.8 Å². The van der Waals surface area contributed by atoms with Crippen molar-refractivity contribution in [3.8, 4) is 5.75 Å². The summed E-state index contributed by atoms with van der Waals surface area (Å²) in [6.07, 6.45) is 4.56. The van der Waals surface area contributed by atoms with Gasteiger partial charge in [-0.2, -0.15) is 0 Å². The Morgan fingerprint density at radius 1 is 1.27 bits per heavy atom. The summed E-state index contributed by atoms with van der Waals surface area (Å²) in [5, 5.41) is 9.63. The highest BCUT2D eigenvalue weighted by Gasteiger charge is 2.36. The van der Waals surface area contributed by atoms with Crippen LogP contribution >= 0.6 is 0 Å². The quantitative estimate of drug-likeness (QED) is 0.823. The second-order valence-corrected chi connectivity index (χ2v) is 4.35. The van der Waals surface area contributed by atoms with E-state index in [1.54, 1.807) is 7.11 Å². The molecule has 0 spiro atoms. The Morgan fingerprint density at radius 2 is 1.93 bits per heavy atom. The van der Waals surface area contributed by atoms with Crippen LogP contribution in [0.4, 0.5) is 0 Å². The normalized spacial score (nSPS) is 19.1. The van der Waals surface area contributed by atoms with Crippen molar-refractivity contribution in [2.24, 2.45) is 0 Å². The molecule has 2 rings (SSSR count). The zero-order valence-corrected chi connectivity index (χ0v) is 9.20. The van der Waals surface area contributed by atoms with E-state index in [4.69, 9.17) is 4.74 Å². The summed E-state index contributed by atoms with van der Waals surface area (Å²) < 4.78 is 5.37. The van der Waals surface area contributed by atoms with Gasteiger partial charge in [0.15, 0.2) is 0 Å². The number of benzene rings is 1. The van der Waals surface area contributed by atoms with Crippen LogP contribution in [0.5, 0.6) is 5.75 Å². The van der Waals surface area contributed by atoms with Crippen LogP contribution in [-0.4, -0.2) is 18.8 Å². The summed E-state index contributed by atoms with van der Waals surface area (Å²) in [7, 11) is 1.69. The van der Waals surface area contributed by atoms with Gasteiger partial charge >= 0.3 is 0 Å². The Balaban J connectivity index is 2.41. The van der Waals surface area contributed by atoms with Gasteiger partial charge in [0.05, 0.1) is 13.7 Å². The minimum atomic E-state index is -0.0490. The van der Waals surface area contributed by atoms with Gasteiger partial charge in [-0.25, -0.2) is 0 Å². The molecule has 0 heterocycles. The minimum absolute atomic E-state index is 0.0490. The van der Waals surface area contributed by atoms with Crippen LogP contribution in [-0.2, 0) is 5.41 Å². The molecule has 1 saturated carbocycles. The molecule has 0 radical (unpaired) electrons. The SMILES string of the molecule is COc1ccccc1C1(CO)CCCC1. The maximum absolute atomic E-state index is 9.63. The number of rotatable bonds is 3. The second-order valence-electron chi connectivity index (χ2n) is 4.35. The highest BCUT2D eigenvalue weighted by atomic mass is 16.5. The molecular weight excluding hydrogens is 188 g/mol. The molecule has 0 aromatic heterocycles. The molecule has 1 N–H and O–H groups in total. The summed E-state index contributed by atoms with van der Waals surface area (Å²) in [6, 6.07) is 8.06. The number of hydrogen-bond acceptors (Lipinski definition) is 2. The summed E-state index contributed by atoms with van der Waals surface area (Å²) in [5.41, 5.74) is 1.12. The lowest BCUT2D eigenvalue weighted by Gasteiger charge is -2.28. The molecule has 1 aliphatic rings. The van der Waals surface area contributed by atoms with Crippen LogP contribution in [0.2, 0.25) is 0 Å². The molecule has 0 saturated heterocycles. The Kier molecular flexibility index (Phi) is 2.96. The van der Waals surface area contributed by atoms with Crippen molar-refractivity contribution < 1.29 is 9.84 Å². The van der Waals surface area contributed by atoms with E-state index in [9.17, 15) is 5.11 Å². The molecule has 2 nitrogen and oxygen atoms in total. The third-order valence-corrected chi connectivity index (χ3v) is 3.54. The third kappa shape index (κ3) is 1.74. The number of aliphatic hydroxyl groups excluding tert-OH is 1. The lowest BCUT2D eigenvalue weighted by molar-refractivity contribution is 0.192. The molecule has 1 aromatic carbocycles. The average Bonchev–Trinajstić information content (AvgIpc) is 2.79. The summed E-state index contributed by atoms with van der Waals surface area (Å²) in [4.78, 5) is 0. The Labute approximate surface area is 90.9 Å². The van der Waals surface area contributed by atoms with Crippen molar-refractivity contribution in [1.29, 1.82) is 0 Å². The van der Waals surface area contributed by atoms with E-state index in [0.717, 1.165) is 18.6 Å². The zero-order chi connectivity index (χ0) is 10.7. The molecule has 1 aliphatic carbocycles. The fourth-order valence-electron chi connectivity index (χ4n) is 2.65. The fraction of sp³-hybridized carbons (Fsp3) is 0.538. The molecule has 0 bridgehead atoms. The molecule has 0 aliphatic heterocycles. The first kappa shape index (κ1) is 10.5. The number of aliphatic hydroxyl groups is 1. The van der Waals surface area contributed by atoms with Crippen LogP contribution < -0.4 is 4.74 Å². The van der Waals surface area contributed by atoms with Crippen molar-refractivity contribution in [3.63, 3.8) is 0 Å². The number of ether oxygens (including phenoxy) is 1. The number of methoxy groups -OCH3 is 1. The molecule has 1 aromatic rings. The predicted molar refractivity (Wildman–Crippen MR) is 60.2 cm³/mol. The molecule has 15 heavy (non-hydrogen) atoms. The van der Waals surface area contributed by atoms with Gasteiger partial charge in [0.1, 0.15) is 5.75 Å². The summed E-state index contributed by atoms with van der Waals surface area (Å²) in [6.45, 7) is 0.230. The van der Waals surface area contributed by atoms with Gasteiger partial charge in [-0.3, -0.25) is 0 Å². The smallest absolute Gasteiger partial charge is 0.122 e. The third-order valence-electron chi connectivity index (χ3n) is 3.54. The van der Waals surface area contributed by atoms with Crippen molar-refractivity contribution in [2.75, 3.05) is 13.7 Å². The average molecular weight is 206 g/mol. The van der Waals surface area contributed by atoms with Gasteiger partial charge < -0.3 is 9.84 Å². The first-order chi connectivity index (χ1) is 7.32. The maximum atomic E-state index is 9.63. The van der Waals surface area contributed by atoms with E-state index in [1.807, 2.05) is 18.2 Å². The van der Waals surface area contributed by atoms with Crippen LogP contribution in [0.3, 0.4) is 0 Å². The zero-order valence-electron chi connectivity index (χ0n) is 9.20. The Morgan fingerprint density at radius 3 is 2.53 bits per heavy atom.